The first-order chi connectivity index (χ1) is 9.54. The third kappa shape index (κ3) is 7.81. The van der Waals surface area contributed by atoms with Crippen molar-refractivity contribution in [2.75, 3.05) is 32.2 Å². The quantitative estimate of drug-likeness (QED) is 0.781. The Morgan fingerprint density at radius 3 is 2.86 bits per heavy atom. The average molecular weight is 353 g/mol. The zero-order valence-corrected chi connectivity index (χ0v) is 14.6. The standard InChI is InChI=1S/C14H21ClN2O2S.ClH/c1-17(14(18)13(16)6-9-20-2)7-8-19-12-5-3-4-11(15)10-12;/h3-5,10,13H,6-9,16H2,1-2H3;1H/t13-;/m0./s1. The molecule has 1 rings (SSSR count). The molecular formula is C14H22Cl2N2O2S. The minimum absolute atomic E-state index is 0. The second-order valence-electron chi connectivity index (χ2n) is 4.45. The molecule has 2 N–H and O–H groups in total. The average Bonchev–Trinajstić information content (AvgIpc) is 2.43. The van der Waals surface area contributed by atoms with Crippen LogP contribution in [0.15, 0.2) is 24.3 Å². The maximum atomic E-state index is 12.0. The molecule has 0 aliphatic heterocycles. The molecule has 0 bridgehead atoms. The van der Waals surface area contributed by atoms with E-state index >= 15 is 0 Å². The number of rotatable bonds is 8. The molecule has 21 heavy (non-hydrogen) atoms. The van der Waals surface area contributed by atoms with Crippen molar-refractivity contribution in [1.29, 1.82) is 0 Å². The number of hydrogen-bond acceptors (Lipinski definition) is 4. The van der Waals surface area contributed by atoms with Crippen LogP contribution in [0.4, 0.5) is 0 Å². The molecule has 0 radical (unpaired) electrons. The molecule has 1 atom stereocenters. The van der Waals surface area contributed by atoms with E-state index in [1.807, 2.05) is 18.4 Å². The Labute approximate surface area is 141 Å². The monoisotopic (exact) mass is 352 g/mol. The van der Waals surface area contributed by atoms with Gasteiger partial charge in [0.05, 0.1) is 12.6 Å². The Balaban J connectivity index is 0.00000400. The van der Waals surface area contributed by atoms with Crippen LogP contribution < -0.4 is 10.5 Å². The van der Waals surface area contributed by atoms with Crippen molar-refractivity contribution in [2.24, 2.45) is 5.73 Å². The van der Waals surface area contributed by atoms with Crippen LogP contribution >= 0.6 is 35.8 Å². The van der Waals surface area contributed by atoms with Gasteiger partial charge in [-0.2, -0.15) is 11.8 Å². The molecule has 120 valence electrons. The fraction of sp³-hybridized carbons (Fsp3) is 0.500. The molecule has 4 nitrogen and oxygen atoms in total. The van der Waals surface area contributed by atoms with Gasteiger partial charge in [0.2, 0.25) is 5.91 Å². The number of carbonyl (C=O) groups is 1. The van der Waals surface area contributed by atoms with E-state index in [9.17, 15) is 4.79 Å². The Bertz CT molecular complexity index is 435. The molecule has 0 saturated heterocycles. The van der Waals surface area contributed by atoms with E-state index in [1.165, 1.54) is 0 Å². The van der Waals surface area contributed by atoms with Crippen LogP contribution in [0.1, 0.15) is 6.42 Å². The number of ether oxygens (including phenoxy) is 1. The summed E-state index contributed by atoms with van der Waals surface area (Å²) < 4.78 is 5.55. The highest BCUT2D eigenvalue weighted by atomic mass is 35.5. The Morgan fingerprint density at radius 1 is 1.52 bits per heavy atom. The van der Waals surface area contributed by atoms with E-state index in [4.69, 9.17) is 22.1 Å². The first kappa shape index (κ1) is 20.4. The fourth-order valence-corrected chi connectivity index (χ4v) is 2.29. The third-order valence-electron chi connectivity index (χ3n) is 2.82. The summed E-state index contributed by atoms with van der Waals surface area (Å²) >= 11 is 7.55. The Morgan fingerprint density at radius 2 is 2.24 bits per heavy atom. The zero-order valence-electron chi connectivity index (χ0n) is 12.3. The van der Waals surface area contributed by atoms with Gasteiger partial charge in [-0.1, -0.05) is 17.7 Å². The van der Waals surface area contributed by atoms with Gasteiger partial charge in [-0.05, 0) is 36.6 Å². The lowest BCUT2D eigenvalue weighted by atomic mass is 10.2. The largest absolute Gasteiger partial charge is 0.492 e. The van der Waals surface area contributed by atoms with Crippen molar-refractivity contribution < 1.29 is 9.53 Å². The molecule has 0 aliphatic rings. The lowest BCUT2D eigenvalue weighted by Crippen LogP contribution is -2.43. The second-order valence-corrected chi connectivity index (χ2v) is 5.88. The van der Waals surface area contributed by atoms with Gasteiger partial charge in [0.15, 0.2) is 0 Å². The second kappa shape index (κ2) is 11.0. The number of halogens is 2. The Hall–Kier alpha value is -0.620. The van der Waals surface area contributed by atoms with Gasteiger partial charge in [-0.25, -0.2) is 0 Å². The molecule has 0 heterocycles. The van der Waals surface area contributed by atoms with Crippen LogP contribution in [-0.4, -0.2) is 49.1 Å². The number of hydrogen-bond donors (Lipinski definition) is 1. The summed E-state index contributed by atoms with van der Waals surface area (Å²) in [6.07, 6.45) is 2.69. The number of nitrogens with zero attached hydrogens (tertiary/aromatic N) is 1. The molecule has 1 amide bonds. The summed E-state index contributed by atoms with van der Waals surface area (Å²) in [6, 6.07) is 6.75. The van der Waals surface area contributed by atoms with Crippen LogP contribution in [-0.2, 0) is 4.79 Å². The molecular weight excluding hydrogens is 331 g/mol. The molecule has 0 aromatic heterocycles. The Kier molecular flexibility index (Phi) is 10.7. The van der Waals surface area contributed by atoms with Crippen molar-refractivity contribution in [3.05, 3.63) is 29.3 Å². The summed E-state index contributed by atoms with van der Waals surface area (Å²) in [5, 5.41) is 0.631. The predicted octanol–water partition coefficient (Wildman–Crippen LogP) is 2.68. The highest BCUT2D eigenvalue weighted by molar-refractivity contribution is 7.98. The first-order valence-electron chi connectivity index (χ1n) is 6.42. The third-order valence-corrected chi connectivity index (χ3v) is 3.70. The molecule has 7 heteroatoms. The summed E-state index contributed by atoms with van der Waals surface area (Å²) in [5.74, 6) is 1.54. The highest BCUT2D eigenvalue weighted by Gasteiger charge is 2.17. The molecule has 0 aliphatic carbocycles. The van der Waals surface area contributed by atoms with Crippen molar-refractivity contribution >= 4 is 41.7 Å². The summed E-state index contributed by atoms with van der Waals surface area (Å²) in [4.78, 5) is 13.6. The highest BCUT2D eigenvalue weighted by Crippen LogP contribution is 2.16. The van der Waals surface area contributed by atoms with Gasteiger partial charge in [0, 0.05) is 12.1 Å². The van der Waals surface area contributed by atoms with Crippen molar-refractivity contribution in [2.45, 2.75) is 12.5 Å². The first-order valence-corrected chi connectivity index (χ1v) is 8.19. The van der Waals surface area contributed by atoms with Crippen LogP contribution in [0.5, 0.6) is 5.75 Å². The van der Waals surface area contributed by atoms with Gasteiger partial charge in [-0.3, -0.25) is 4.79 Å². The number of likely N-dealkylation sites (N-methyl/N-ethyl adjacent to an activating group) is 1. The number of thioether (sulfide) groups is 1. The molecule has 0 saturated carbocycles. The SMILES string of the molecule is CSCC[C@H](N)C(=O)N(C)CCOc1cccc(Cl)c1.Cl. The minimum atomic E-state index is -0.432. The molecule has 1 aromatic rings. The zero-order chi connectivity index (χ0) is 15.0. The molecule has 0 fully saturated rings. The van der Waals surface area contributed by atoms with Crippen LogP contribution in [0.3, 0.4) is 0 Å². The molecule has 0 unspecified atom stereocenters. The van der Waals surface area contributed by atoms with E-state index in [0.29, 0.717) is 30.3 Å². The summed E-state index contributed by atoms with van der Waals surface area (Å²) in [6.45, 7) is 0.913. The summed E-state index contributed by atoms with van der Waals surface area (Å²) in [5.41, 5.74) is 5.84. The number of nitrogens with two attached hydrogens (primary N) is 1. The fourth-order valence-electron chi connectivity index (χ4n) is 1.62. The number of carbonyl (C=O) groups excluding carboxylic acids is 1. The minimum Gasteiger partial charge on any atom is -0.492 e. The lowest BCUT2D eigenvalue weighted by molar-refractivity contribution is -0.131. The summed E-state index contributed by atoms with van der Waals surface area (Å²) in [7, 11) is 1.74. The van der Waals surface area contributed by atoms with Gasteiger partial charge in [-0.15, -0.1) is 12.4 Å². The van der Waals surface area contributed by atoms with E-state index in [-0.39, 0.29) is 18.3 Å². The van der Waals surface area contributed by atoms with Crippen molar-refractivity contribution in [3.63, 3.8) is 0 Å². The topological polar surface area (TPSA) is 55.6 Å². The lowest BCUT2D eigenvalue weighted by Gasteiger charge is -2.21. The number of benzene rings is 1. The van der Waals surface area contributed by atoms with Gasteiger partial charge in [0.1, 0.15) is 12.4 Å². The van der Waals surface area contributed by atoms with E-state index in [1.54, 1.807) is 35.8 Å². The van der Waals surface area contributed by atoms with Crippen molar-refractivity contribution in [3.8, 4) is 5.75 Å². The van der Waals surface area contributed by atoms with Gasteiger partial charge < -0.3 is 15.4 Å². The van der Waals surface area contributed by atoms with Gasteiger partial charge >= 0.3 is 0 Å². The maximum Gasteiger partial charge on any atom is 0.239 e. The van der Waals surface area contributed by atoms with E-state index in [0.717, 1.165) is 5.75 Å². The molecule has 0 spiro atoms. The maximum absolute atomic E-state index is 12.0. The number of amides is 1. The molecule has 1 aromatic carbocycles. The smallest absolute Gasteiger partial charge is 0.239 e. The van der Waals surface area contributed by atoms with Crippen LogP contribution in [0.2, 0.25) is 5.02 Å². The van der Waals surface area contributed by atoms with Crippen LogP contribution in [0.25, 0.3) is 0 Å². The van der Waals surface area contributed by atoms with Gasteiger partial charge in [0.25, 0.3) is 0 Å². The van der Waals surface area contributed by atoms with E-state index in [2.05, 4.69) is 0 Å². The normalized spacial score (nSPS) is 11.4. The van der Waals surface area contributed by atoms with Crippen LogP contribution in [0, 0.1) is 0 Å². The van der Waals surface area contributed by atoms with E-state index < -0.39 is 6.04 Å². The predicted molar refractivity (Wildman–Crippen MR) is 92.8 cm³/mol. The van der Waals surface area contributed by atoms with Crippen molar-refractivity contribution in [1.82, 2.24) is 4.90 Å².